The molecule has 2 aromatic carbocycles. The van der Waals surface area contributed by atoms with Crippen LogP contribution in [0, 0.1) is 11.6 Å². The van der Waals surface area contributed by atoms with Gasteiger partial charge in [0.1, 0.15) is 11.6 Å². The van der Waals surface area contributed by atoms with Crippen LogP contribution >= 0.6 is 31.9 Å². The first kappa shape index (κ1) is 18.3. The van der Waals surface area contributed by atoms with Crippen LogP contribution in [0.5, 0.6) is 0 Å². The molecule has 0 heterocycles. The van der Waals surface area contributed by atoms with Crippen molar-refractivity contribution in [3.63, 3.8) is 0 Å². The summed E-state index contributed by atoms with van der Waals surface area (Å²) in [6.45, 7) is 0. The summed E-state index contributed by atoms with van der Waals surface area (Å²) in [5.41, 5.74) is -2.80. The molecule has 1 nitrogen and oxygen atoms in total. The maximum Gasteiger partial charge on any atom is 0.390 e. The van der Waals surface area contributed by atoms with Gasteiger partial charge in [-0.15, -0.1) is 0 Å². The molecular weight excluding hydrogens is 458 g/mol. The van der Waals surface area contributed by atoms with E-state index in [2.05, 4.69) is 36.6 Å². The SMILES string of the molecule is Fc1ccc(Br)cc1C(F)(F)OC(F)(F)c1cc(Br)ccc1F. The number of alkyl halides is 4. The van der Waals surface area contributed by atoms with Crippen LogP contribution in [0.25, 0.3) is 0 Å². The Bertz CT molecular complexity index is 674. The molecule has 0 spiro atoms. The maximum atomic E-state index is 13.9. The Morgan fingerprint density at radius 1 is 0.696 bits per heavy atom. The second-order valence-corrected chi connectivity index (χ2v) is 6.22. The van der Waals surface area contributed by atoms with E-state index in [0.717, 1.165) is 12.1 Å². The van der Waals surface area contributed by atoms with E-state index >= 15 is 0 Å². The van der Waals surface area contributed by atoms with Crippen molar-refractivity contribution >= 4 is 31.9 Å². The third-order valence-corrected chi connectivity index (χ3v) is 3.73. The fraction of sp³-hybridized carbons (Fsp3) is 0.143. The van der Waals surface area contributed by atoms with Gasteiger partial charge in [0, 0.05) is 8.95 Å². The molecule has 0 atom stereocenters. The fourth-order valence-corrected chi connectivity index (χ4v) is 2.43. The molecule has 0 radical (unpaired) electrons. The molecule has 0 aliphatic rings. The van der Waals surface area contributed by atoms with Crippen molar-refractivity contribution < 1.29 is 31.1 Å². The van der Waals surface area contributed by atoms with Crippen LogP contribution in [0.1, 0.15) is 11.1 Å². The van der Waals surface area contributed by atoms with Gasteiger partial charge < -0.3 is 0 Å². The highest BCUT2D eigenvalue weighted by Gasteiger charge is 2.49. The molecule has 124 valence electrons. The van der Waals surface area contributed by atoms with Crippen molar-refractivity contribution in [2.24, 2.45) is 0 Å². The van der Waals surface area contributed by atoms with Crippen LogP contribution in [0.4, 0.5) is 26.3 Å². The van der Waals surface area contributed by atoms with Gasteiger partial charge in [-0.25, -0.2) is 13.5 Å². The van der Waals surface area contributed by atoms with E-state index in [9.17, 15) is 26.3 Å². The lowest BCUT2D eigenvalue weighted by atomic mass is 10.1. The monoisotopic (exact) mass is 462 g/mol. The highest BCUT2D eigenvalue weighted by atomic mass is 79.9. The first-order valence-corrected chi connectivity index (χ1v) is 7.48. The predicted molar refractivity (Wildman–Crippen MR) is 77.1 cm³/mol. The van der Waals surface area contributed by atoms with Crippen LogP contribution < -0.4 is 0 Å². The number of benzene rings is 2. The molecule has 2 aromatic rings. The normalized spacial score (nSPS) is 12.5. The van der Waals surface area contributed by atoms with E-state index in [1.54, 1.807) is 0 Å². The van der Waals surface area contributed by atoms with E-state index in [0.29, 0.717) is 24.3 Å². The summed E-state index contributed by atoms with van der Waals surface area (Å²) in [6.07, 6.45) is -9.38. The molecule has 0 aliphatic heterocycles. The van der Waals surface area contributed by atoms with Gasteiger partial charge in [-0.1, -0.05) is 31.9 Å². The van der Waals surface area contributed by atoms with Gasteiger partial charge in [-0.2, -0.15) is 17.6 Å². The van der Waals surface area contributed by atoms with Crippen molar-refractivity contribution in [2.45, 2.75) is 12.2 Å². The molecule has 0 bridgehead atoms. The minimum atomic E-state index is -4.69. The van der Waals surface area contributed by atoms with Crippen LogP contribution in [0.3, 0.4) is 0 Å². The second-order valence-electron chi connectivity index (χ2n) is 4.38. The third kappa shape index (κ3) is 4.07. The summed E-state index contributed by atoms with van der Waals surface area (Å²) in [5, 5.41) is 0. The molecule has 9 heteroatoms. The molecule has 0 aliphatic carbocycles. The van der Waals surface area contributed by atoms with Crippen LogP contribution in [0.15, 0.2) is 45.3 Å². The van der Waals surface area contributed by atoms with E-state index in [1.165, 1.54) is 0 Å². The fourth-order valence-electron chi connectivity index (χ4n) is 1.71. The Labute approximate surface area is 143 Å². The summed E-state index contributed by atoms with van der Waals surface area (Å²) in [7, 11) is 0. The van der Waals surface area contributed by atoms with Crippen LogP contribution in [-0.4, -0.2) is 0 Å². The number of rotatable bonds is 4. The van der Waals surface area contributed by atoms with Gasteiger partial charge >= 0.3 is 12.2 Å². The van der Waals surface area contributed by atoms with Crippen molar-refractivity contribution in [2.75, 3.05) is 0 Å². The number of hydrogen-bond acceptors (Lipinski definition) is 1. The summed E-state index contributed by atoms with van der Waals surface area (Å²) in [6, 6.07) is 4.75. The zero-order chi connectivity index (χ0) is 17.4. The van der Waals surface area contributed by atoms with E-state index < -0.39 is 35.0 Å². The second kappa shape index (κ2) is 6.45. The zero-order valence-electron chi connectivity index (χ0n) is 10.9. The summed E-state index contributed by atoms with van der Waals surface area (Å²) < 4.78 is 86.2. The maximum absolute atomic E-state index is 13.9. The Kier molecular flexibility index (Phi) is 5.12. The van der Waals surface area contributed by atoms with Crippen molar-refractivity contribution in [3.05, 3.63) is 68.1 Å². The number of ether oxygens (including phenoxy) is 1. The van der Waals surface area contributed by atoms with Gasteiger partial charge in [0.15, 0.2) is 0 Å². The molecule has 0 saturated carbocycles. The minimum absolute atomic E-state index is 0.0362. The molecule has 2 rings (SSSR count). The lowest BCUT2D eigenvalue weighted by Crippen LogP contribution is -2.31. The quantitative estimate of drug-likeness (QED) is 0.483. The largest absolute Gasteiger partial charge is 0.390 e. The molecular formula is C14H6Br2F6O. The Balaban J connectivity index is 2.42. The first-order chi connectivity index (χ1) is 10.5. The minimum Gasteiger partial charge on any atom is -0.247 e. The van der Waals surface area contributed by atoms with E-state index in [1.807, 2.05) is 0 Å². The standard InChI is InChI=1S/C14H6Br2F6O/c15-7-1-3-11(17)9(5-7)13(19,20)23-14(21,22)10-6-8(16)2-4-12(10)18/h1-6H. The van der Waals surface area contributed by atoms with Crippen LogP contribution in [0.2, 0.25) is 0 Å². The highest BCUT2D eigenvalue weighted by Crippen LogP contribution is 2.43. The predicted octanol–water partition coefficient (Wildman–Crippen LogP) is 6.31. The van der Waals surface area contributed by atoms with Gasteiger partial charge in [0.25, 0.3) is 0 Å². The van der Waals surface area contributed by atoms with Crippen molar-refractivity contribution in [1.29, 1.82) is 0 Å². The molecule has 0 fully saturated rings. The number of halogens is 8. The zero-order valence-corrected chi connectivity index (χ0v) is 14.1. The summed E-state index contributed by atoms with van der Waals surface area (Å²) in [4.78, 5) is 0. The average molecular weight is 464 g/mol. The average Bonchev–Trinajstić information content (AvgIpc) is 2.42. The lowest BCUT2D eigenvalue weighted by Gasteiger charge is -2.25. The molecule has 0 amide bonds. The van der Waals surface area contributed by atoms with Crippen LogP contribution in [-0.2, 0) is 17.0 Å². The van der Waals surface area contributed by atoms with Crippen molar-refractivity contribution in [1.82, 2.24) is 0 Å². The first-order valence-electron chi connectivity index (χ1n) is 5.90. The Morgan fingerprint density at radius 2 is 1.04 bits per heavy atom. The molecule has 0 unspecified atom stereocenters. The van der Waals surface area contributed by atoms with Gasteiger partial charge in [0.2, 0.25) is 0 Å². The van der Waals surface area contributed by atoms with Crippen molar-refractivity contribution in [3.8, 4) is 0 Å². The smallest absolute Gasteiger partial charge is 0.247 e. The molecule has 0 aromatic heterocycles. The Hall–Kier alpha value is -1.06. The van der Waals surface area contributed by atoms with Gasteiger partial charge in [-0.05, 0) is 36.4 Å². The van der Waals surface area contributed by atoms with Gasteiger partial charge in [0.05, 0.1) is 11.1 Å². The molecule has 0 saturated heterocycles. The van der Waals surface area contributed by atoms with E-state index in [4.69, 9.17) is 0 Å². The number of hydrogen-bond donors (Lipinski definition) is 0. The topological polar surface area (TPSA) is 9.23 Å². The molecule has 0 N–H and O–H groups in total. The molecule has 23 heavy (non-hydrogen) atoms. The highest BCUT2D eigenvalue weighted by molar-refractivity contribution is 9.10. The van der Waals surface area contributed by atoms with E-state index in [-0.39, 0.29) is 8.95 Å². The third-order valence-electron chi connectivity index (χ3n) is 2.74. The Morgan fingerprint density at radius 3 is 1.39 bits per heavy atom. The summed E-state index contributed by atoms with van der Waals surface area (Å²) >= 11 is 5.65. The summed E-state index contributed by atoms with van der Waals surface area (Å²) in [5.74, 6) is -2.88. The van der Waals surface area contributed by atoms with Gasteiger partial charge in [-0.3, -0.25) is 0 Å². The lowest BCUT2D eigenvalue weighted by molar-refractivity contribution is -0.392.